The number of likely N-dealkylation sites (N-methyl/N-ethyl adjacent to an activating group) is 2. The Balaban J connectivity index is 0.00000361. The minimum Gasteiger partial charge on any atom is -0.862 e. The molecule has 0 amide bonds. The second kappa shape index (κ2) is 10.1. The van der Waals surface area contributed by atoms with Gasteiger partial charge in [-0.25, -0.2) is 0 Å². The zero-order valence-electron chi connectivity index (χ0n) is 12.4. The predicted molar refractivity (Wildman–Crippen MR) is 73.4 cm³/mol. The summed E-state index contributed by atoms with van der Waals surface area (Å²) in [6, 6.07) is 0. The van der Waals surface area contributed by atoms with Gasteiger partial charge in [0.05, 0.1) is 13.1 Å². The number of rotatable bonds is 0. The van der Waals surface area contributed by atoms with E-state index in [2.05, 4.69) is 19.8 Å². The van der Waals surface area contributed by atoms with Crippen LogP contribution in [0.25, 0.3) is 0 Å². The molecule has 0 saturated heterocycles. The van der Waals surface area contributed by atoms with E-state index in [4.69, 9.17) is 0 Å². The molecule has 0 atom stereocenters. The first-order valence-electron chi connectivity index (χ1n) is 6.80. The predicted octanol–water partition coefficient (Wildman–Crippen LogP) is -1.60. The van der Waals surface area contributed by atoms with Gasteiger partial charge in [-0.3, -0.25) is 0 Å². The minimum absolute atomic E-state index is 0. The van der Waals surface area contributed by atoms with Gasteiger partial charge in [0, 0.05) is 19.0 Å². The van der Waals surface area contributed by atoms with Crippen LogP contribution in [0.1, 0.15) is 13.3 Å². The Hall–Kier alpha value is -0.646. The molecule has 1 rings (SSSR count). The maximum Gasteiger partial charge on any atom is 2.00 e. The zero-order valence-corrected chi connectivity index (χ0v) is 13.4. The van der Waals surface area contributed by atoms with Gasteiger partial charge in [-0.05, 0) is 45.4 Å². The largest absolute Gasteiger partial charge is 2.00 e. The van der Waals surface area contributed by atoms with Crippen molar-refractivity contribution in [3.8, 4) is 0 Å². The third kappa shape index (κ3) is 7.22. The average molecular weight is 327 g/mol. The first-order chi connectivity index (χ1) is 9.00. The van der Waals surface area contributed by atoms with Crippen molar-refractivity contribution in [1.82, 2.24) is 9.80 Å². The fraction of sp³-hybridized carbons (Fsp3) is 0.846. The van der Waals surface area contributed by atoms with Crippen LogP contribution in [0.4, 0.5) is 0 Å². The van der Waals surface area contributed by atoms with E-state index >= 15 is 0 Å². The Morgan fingerprint density at radius 1 is 0.900 bits per heavy atom. The summed E-state index contributed by atoms with van der Waals surface area (Å²) in [6.07, 6.45) is 1.06. The maximum absolute atomic E-state index is 11.7. The smallest absolute Gasteiger partial charge is 0.862 e. The summed E-state index contributed by atoms with van der Waals surface area (Å²) < 4.78 is 0. The van der Waals surface area contributed by atoms with E-state index in [0.717, 1.165) is 32.6 Å². The van der Waals surface area contributed by atoms with Crippen molar-refractivity contribution in [3.05, 3.63) is 0 Å². The fourth-order valence-electron chi connectivity index (χ4n) is 1.88. The molecule has 0 spiro atoms. The Bertz CT molecular complexity index is 306. The summed E-state index contributed by atoms with van der Waals surface area (Å²) >= 11 is 0. The molecule has 1 heterocycles. The van der Waals surface area contributed by atoms with Crippen LogP contribution in [0.15, 0.2) is 9.98 Å². The molecule has 0 bridgehead atoms. The van der Waals surface area contributed by atoms with E-state index in [9.17, 15) is 10.2 Å². The van der Waals surface area contributed by atoms with Crippen LogP contribution in [0, 0.1) is 5.92 Å². The third-order valence-corrected chi connectivity index (χ3v) is 3.32. The van der Waals surface area contributed by atoms with Crippen molar-refractivity contribution in [3.63, 3.8) is 0 Å². The normalized spacial score (nSPS) is 25.1. The number of hydrogen-bond donors (Lipinski definition) is 0. The standard InChI is InChI=1S/C13H26N4O2.Ni/c1-11-12(18)14-5-9-16(2)7-4-8-17(3)10-6-15-13(11)19;/h11H,4-10H2,1-3H3,(H,14,18)(H,15,19);/q;+2/p-2. The molecule has 20 heavy (non-hydrogen) atoms. The van der Waals surface area contributed by atoms with Crippen molar-refractivity contribution in [2.45, 2.75) is 13.3 Å². The summed E-state index contributed by atoms with van der Waals surface area (Å²) in [5.41, 5.74) is 0. The molecular formula is C13H24N4NiO2. The second-order valence-corrected chi connectivity index (χ2v) is 5.12. The van der Waals surface area contributed by atoms with Gasteiger partial charge in [0.25, 0.3) is 0 Å². The van der Waals surface area contributed by atoms with Crippen LogP contribution in [0.5, 0.6) is 0 Å². The molecule has 118 valence electrons. The first-order valence-corrected chi connectivity index (χ1v) is 6.80. The molecule has 1 aliphatic rings. The van der Waals surface area contributed by atoms with Crippen LogP contribution in [-0.4, -0.2) is 75.0 Å². The Morgan fingerprint density at radius 2 is 1.30 bits per heavy atom. The van der Waals surface area contributed by atoms with Crippen molar-refractivity contribution in [1.29, 1.82) is 0 Å². The SMILES string of the molecule is CC1C([O-])=NCCN(C)CCCN(C)CCN=C1[O-].[Ni+2]. The number of hydrogen-bond acceptors (Lipinski definition) is 6. The van der Waals surface area contributed by atoms with E-state index in [1.165, 1.54) is 0 Å². The molecule has 1 aliphatic heterocycles. The summed E-state index contributed by atoms with van der Waals surface area (Å²) in [7, 11) is 4.05. The summed E-state index contributed by atoms with van der Waals surface area (Å²) in [5, 5.41) is 23.4. The molecule has 0 aromatic heterocycles. The van der Waals surface area contributed by atoms with Crippen LogP contribution >= 0.6 is 0 Å². The summed E-state index contributed by atoms with van der Waals surface area (Å²) in [4.78, 5) is 12.2. The first kappa shape index (κ1) is 19.4. The van der Waals surface area contributed by atoms with E-state index < -0.39 is 5.92 Å². The number of aliphatic imine (C=N–C) groups is 2. The van der Waals surface area contributed by atoms with Crippen molar-refractivity contribution >= 4 is 11.8 Å². The van der Waals surface area contributed by atoms with Gasteiger partial charge in [-0.2, -0.15) is 0 Å². The van der Waals surface area contributed by atoms with E-state index in [0.29, 0.717) is 13.1 Å². The van der Waals surface area contributed by atoms with Gasteiger partial charge in [0.1, 0.15) is 0 Å². The minimum atomic E-state index is -0.737. The van der Waals surface area contributed by atoms with Crippen LogP contribution in [-0.2, 0) is 16.5 Å². The maximum atomic E-state index is 11.7. The van der Waals surface area contributed by atoms with E-state index in [1.54, 1.807) is 6.92 Å². The Morgan fingerprint density at radius 3 is 1.70 bits per heavy atom. The van der Waals surface area contributed by atoms with Gasteiger partial charge < -0.3 is 30.0 Å². The molecule has 0 fully saturated rings. The molecule has 7 heteroatoms. The van der Waals surface area contributed by atoms with Gasteiger partial charge in [0.15, 0.2) is 0 Å². The summed E-state index contributed by atoms with van der Waals surface area (Å²) in [5.74, 6) is -1.45. The molecule has 0 N–H and O–H groups in total. The number of nitrogens with zero attached hydrogens (tertiary/aromatic N) is 4. The Labute approximate surface area is 131 Å². The topological polar surface area (TPSA) is 77.3 Å². The van der Waals surface area contributed by atoms with Gasteiger partial charge in [0.2, 0.25) is 0 Å². The Kier molecular flexibility index (Phi) is 9.81. The van der Waals surface area contributed by atoms with Crippen molar-refractivity contribution in [2.24, 2.45) is 15.9 Å². The van der Waals surface area contributed by atoms with E-state index in [1.807, 2.05) is 14.1 Å². The van der Waals surface area contributed by atoms with Crippen LogP contribution in [0.3, 0.4) is 0 Å². The second-order valence-electron chi connectivity index (χ2n) is 5.12. The molecule has 0 unspecified atom stereocenters. The molecule has 0 saturated carbocycles. The quantitative estimate of drug-likeness (QED) is 0.503. The van der Waals surface area contributed by atoms with Crippen molar-refractivity contribution < 1.29 is 26.7 Å². The molecule has 0 aromatic rings. The molecule has 6 nitrogen and oxygen atoms in total. The van der Waals surface area contributed by atoms with Crippen LogP contribution in [0.2, 0.25) is 0 Å². The molecule has 0 aromatic carbocycles. The fourth-order valence-corrected chi connectivity index (χ4v) is 1.88. The van der Waals surface area contributed by atoms with Crippen molar-refractivity contribution in [2.75, 3.05) is 53.4 Å². The van der Waals surface area contributed by atoms with Gasteiger partial charge >= 0.3 is 16.5 Å². The van der Waals surface area contributed by atoms with E-state index in [-0.39, 0.29) is 28.3 Å². The molecule has 0 radical (unpaired) electrons. The molecule has 0 aliphatic carbocycles. The van der Waals surface area contributed by atoms with Gasteiger partial charge in [-0.15, -0.1) is 0 Å². The zero-order chi connectivity index (χ0) is 14.3. The molecular weight excluding hydrogens is 303 g/mol. The monoisotopic (exact) mass is 326 g/mol. The van der Waals surface area contributed by atoms with Crippen LogP contribution < -0.4 is 10.2 Å². The van der Waals surface area contributed by atoms with Gasteiger partial charge in [-0.1, -0.05) is 6.92 Å². The average Bonchev–Trinajstić information content (AvgIpc) is 2.36. The summed E-state index contributed by atoms with van der Waals surface area (Å²) in [6.45, 7) is 5.93. The third-order valence-electron chi connectivity index (χ3n) is 3.32.